The van der Waals surface area contributed by atoms with Crippen molar-refractivity contribution in [1.29, 1.82) is 0 Å². The Kier molecular flexibility index (Phi) is 5.16. The van der Waals surface area contributed by atoms with Gasteiger partial charge in [0.15, 0.2) is 11.0 Å². The van der Waals surface area contributed by atoms with Gasteiger partial charge in [0.1, 0.15) is 11.5 Å². The maximum atomic E-state index is 5.84. The molecule has 142 valence electrons. The van der Waals surface area contributed by atoms with E-state index in [0.717, 1.165) is 39.3 Å². The van der Waals surface area contributed by atoms with E-state index in [1.807, 2.05) is 73.1 Å². The zero-order valence-corrected chi connectivity index (χ0v) is 16.7. The number of aromatic nitrogens is 4. The van der Waals surface area contributed by atoms with E-state index in [0.29, 0.717) is 11.6 Å². The van der Waals surface area contributed by atoms with Crippen LogP contribution in [0.1, 0.15) is 11.5 Å². The molecule has 0 atom stereocenters. The number of ether oxygens (including phenoxy) is 1. The molecule has 0 spiro atoms. The maximum Gasteiger partial charge on any atom is 0.226 e. The summed E-state index contributed by atoms with van der Waals surface area (Å²) in [6, 6.07) is 17.7. The number of aryl methyl sites for hydroxylation is 1. The Morgan fingerprint density at radius 1 is 1.04 bits per heavy atom. The van der Waals surface area contributed by atoms with Crippen LogP contribution >= 0.6 is 11.8 Å². The van der Waals surface area contributed by atoms with E-state index in [1.54, 1.807) is 18.9 Å². The van der Waals surface area contributed by atoms with Gasteiger partial charge in [-0.15, -0.1) is 10.2 Å². The van der Waals surface area contributed by atoms with E-state index in [2.05, 4.69) is 15.2 Å². The smallest absolute Gasteiger partial charge is 0.226 e. The summed E-state index contributed by atoms with van der Waals surface area (Å²) in [5, 5.41) is 9.50. The fourth-order valence-electron chi connectivity index (χ4n) is 2.85. The van der Waals surface area contributed by atoms with Crippen LogP contribution in [0.25, 0.3) is 22.8 Å². The topological polar surface area (TPSA) is 66.0 Å². The fraction of sp³-hybridized carbons (Fsp3) is 0.190. The molecular weight excluding hydrogens is 372 g/mol. The third kappa shape index (κ3) is 3.66. The number of benzene rings is 2. The highest BCUT2D eigenvalue weighted by atomic mass is 32.2. The molecule has 2 heterocycles. The average molecular weight is 392 g/mol. The number of hydrogen-bond acceptors (Lipinski definition) is 6. The SMILES string of the molecule is COc1cccc(-c2nnc(SCc3nc(-c4ccccc4)oc3C)n2C)c1. The van der Waals surface area contributed by atoms with Crippen LogP contribution in [0, 0.1) is 6.92 Å². The Morgan fingerprint density at radius 3 is 2.61 bits per heavy atom. The first-order valence-electron chi connectivity index (χ1n) is 8.84. The molecule has 0 saturated heterocycles. The number of thioether (sulfide) groups is 1. The van der Waals surface area contributed by atoms with Gasteiger partial charge in [0.2, 0.25) is 5.89 Å². The molecule has 6 nitrogen and oxygen atoms in total. The molecule has 0 N–H and O–H groups in total. The van der Waals surface area contributed by atoms with Gasteiger partial charge in [-0.3, -0.25) is 0 Å². The summed E-state index contributed by atoms with van der Waals surface area (Å²) in [7, 11) is 3.61. The molecular formula is C21H20N4O2S. The molecule has 0 aliphatic carbocycles. The molecule has 7 heteroatoms. The second kappa shape index (κ2) is 7.90. The van der Waals surface area contributed by atoms with Gasteiger partial charge in [0.05, 0.1) is 12.8 Å². The Labute approximate surface area is 167 Å². The van der Waals surface area contributed by atoms with Crippen molar-refractivity contribution in [3.63, 3.8) is 0 Å². The lowest BCUT2D eigenvalue weighted by Gasteiger charge is -2.05. The largest absolute Gasteiger partial charge is 0.497 e. The van der Waals surface area contributed by atoms with Gasteiger partial charge in [-0.25, -0.2) is 4.98 Å². The summed E-state index contributed by atoms with van der Waals surface area (Å²) >= 11 is 1.58. The minimum absolute atomic E-state index is 0.642. The van der Waals surface area contributed by atoms with Crippen molar-refractivity contribution in [3.8, 4) is 28.6 Å². The highest BCUT2D eigenvalue weighted by molar-refractivity contribution is 7.98. The van der Waals surface area contributed by atoms with Crippen molar-refractivity contribution >= 4 is 11.8 Å². The maximum absolute atomic E-state index is 5.84. The average Bonchev–Trinajstić information content (AvgIpc) is 3.29. The molecule has 0 saturated carbocycles. The Bertz CT molecular complexity index is 1090. The Morgan fingerprint density at radius 2 is 1.82 bits per heavy atom. The fourth-order valence-corrected chi connectivity index (χ4v) is 3.77. The predicted octanol–water partition coefficient (Wildman–Crippen LogP) is 4.75. The van der Waals surface area contributed by atoms with Crippen molar-refractivity contribution in [2.75, 3.05) is 7.11 Å². The van der Waals surface area contributed by atoms with Gasteiger partial charge >= 0.3 is 0 Å². The molecule has 0 fully saturated rings. The van der Waals surface area contributed by atoms with Crippen molar-refractivity contribution in [2.45, 2.75) is 17.8 Å². The van der Waals surface area contributed by atoms with Crippen molar-refractivity contribution < 1.29 is 9.15 Å². The van der Waals surface area contributed by atoms with Crippen LogP contribution in [0.5, 0.6) is 5.75 Å². The first-order chi connectivity index (χ1) is 13.7. The zero-order chi connectivity index (χ0) is 19.5. The number of methoxy groups -OCH3 is 1. The van der Waals surface area contributed by atoms with Crippen LogP contribution in [0.4, 0.5) is 0 Å². The van der Waals surface area contributed by atoms with Crippen molar-refractivity contribution in [1.82, 2.24) is 19.7 Å². The van der Waals surface area contributed by atoms with Crippen molar-refractivity contribution in [2.24, 2.45) is 7.05 Å². The number of rotatable bonds is 6. The van der Waals surface area contributed by atoms with Crippen LogP contribution in [0.3, 0.4) is 0 Å². The first kappa shape index (κ1) is 18.3. The normalized spacial score (nSPS) is 11.0. The molecule has 0 unspecified atom stereocenters. The number of nitrogens with zero attached hydrogens (tertiary/aromatic N) is 4. The van der Waals surface area contributed by atoms with E-state index in [1.165, 1.54) is 0 Å². The van der Waals surface area contributed by atoms with E-state index >= 15 is 0 Å². The van der Waals surface area contributed by atoms with E-state index in [-0.39, 0.29) is 0 Å². The van der Waals surface area contributed by atoms with Crippen LogP contribution in [-0.2, 0) is 12.8 Å². The molecule has 4 aromatic rings. The zero-order valence-electron chi connectivity index (χ0n) is 15.9. The summed E-state index contributed by atoms with van der Waals surface area (Å²) in [6.07, 6.45) is 0. The van der Waals surface area contributed by atoms with Gasteiger partial charge < -0.3 is 13.7 Å². The van der Waals surface area contributed by atoms with E-state index < -0.39 is 0 Å². The molecule has 0 bridgehead atoms. The summed E-state index contributed by atoms with van der Waals surface area (Å²) in [6.45, 7) is 1.94. The second-order valence-corrected chi connectivity index (χ2v) is 7.22. The Hall–Kier alpha value is -3.06. The van der Waals surface area contributed by atoms with Crippen LogP contribution in [0.2, 0.25) is 0 Å². The third-order valence-corrected chi connectivity index (χ3v) is 5.45. The summed E-state index contributed by atoms with van der Waals surface area (Å²) in [4.78, 5) is 4.65. The monoisotopic (exact) mass is 392 g/mol. The molecule has 0 radical (unpaired) electrons. The molecule has 0 aliphatic rings. The molecule has 0 amide bonds. The second-order valence-electron chi connectivity index (χ2n) is 6.27. The molecule has 28 heavy (non-hydrogen) atoms. The third-order valence-electron chi connectivity index (χ3n) is 4.41. The minimum Gasteiger partial charge on any atom is -0.497 e. The molecule has 0 aliphatic heterocycles. The predicted molar refractivity (Wildman–Crippen MR) is 109 cm³/mol. The van der Waals surface area contributed by atoms with Gasteiger partial charge in [0.25, 0.3) is 0 Å². The van der Waals surface area contributed by atoms with Crippen molar-refractivity contribution in [3.05, 3.63) is 66.1 Å². The van der Waals surface area contributed by atoms with E-state index in [4.69, 9.17) is 9.15 Å². The van der Waals surface area contributed by atoms with Crippen LogP contribution in [0.15, 0.2) is 64.2 Å². The van der Waals surface area contributed by atoms with Gasteiger partial charge in [-0.05, 0) is 31.2 Å². The van der Waals surface area contributed by atoms with Gasteiger partial charge in [-0.1, -0.05) is 42.1 Å². The summed E-state index contributed by atoms with van der Waals surface area (Å²) in [5.41, 5.74) is 2.85. The number of hydrogen-bond donors (Lipinski definition) is 0. The summed E-state index contributed by atoms with van der Waals surface area (Å²) in [5.74, 6) is 3.71. The van der Waals surface area contributed by atoms with Gasteiger partial charge in [-0.2, -0.15) is 0 Å². The standard InChI is InChI=1S/C21H20N4O2S/c1-14-18(22-20(27-14)15-8-5-4-6-9-15)13-28-21-24-23-19(25(21)2)16-10-7-11-17(12-16)26-3/h4-12H,13H2,1-3H3. The highest BCUT2D eigenvalue weighted by Gasteiger charge is 2.15. The Balaban J connectivity index is 1.52. The van der Waals surface area contributed by atoms with Gasteiger partial charge in [0, 0.05) is 23.9 Å². The highest BCUT2D eigenvalue weighted by Crippen LogP contribution is 2.29. The molecule has 2 aromatic carbocycles. The number of oxazole rings is 1. The lowest BCUT2D eigenvalue weighted by atomic mass is 10.2. The lowest BCUT2D eigenvalue weighted by molar-refractivity contribution is 0.415. The first-order valence-corrected chi connectivity index (χ1v) is 9.82. The van der Waals surface area contributed by atoms with Crippen LogP contribution in [-0.4, -0.2) is 26.9 Å². The quantitative estimate of drug-likeness (QED) is 0.441. The molecule has 4 rings (SSSR count). The molecule has 2 aromatic heterocycles. The minimum atomic E-state index is 0.642. The summed E-state index contributed by atoms with van der Waals surface area (Å²) < 4.78 is 13.1. The lowest BCUT2D eigenvalue weighted by Crippen LogP contribution is -1.96. The van der Waals surface area contributed by atoms with E-state index in [9.17, 15) is 0 Å². The van der Waals surface area contributed by atoms with Crippen LogP contribution < -0.4 is 4.74 Å².